The maximum absolute atomic E-state index is 12.6. The monoisotopic (exact) mass is 363 g/mol. The van der Waals surface area contributed by atoms with Crippen LogP contribution in [0.15, 0.2) is 36.5 Å². The first-order valence-corrected chi connectivity index (χ1v) is 8.15. The van der Waals surface area contributed by atoms with Gasteiger partial charge in [0, 0.05) is 6.20 Å². The van der Waals surface area contributed by atoms with Crippen molar-refractivity contribution >= 4 is 34.8 Å². The van der Waals surface area contributed by atoms with Crippen LogP contribution in [0.2, 0.25) is 10.3 Å². The lowest BCUT2D eigenvalue weighted by molar-refractivity contribution is 0.0922. The van der Waals surface area contributed by atoms with Crippen LogP contribution >= 0.6 is 23.2 Å². The molecule has 0 aromatic carbocycles. The van der Waals surface area contributed by atoms with Gasteiger partial charge in [0.2, 0.25) is 0 Å². The molecule has 0 saturated carbocycles. The summed E-state index contributed by atoms with van der Waals surface area (Å²) in [5.41, 5.74) is 0.985. The molecule has 0 aliphatic heterocycles. The number of amides is 1. The Balaban J connectivity index is 1.93. The van der Waals surface area contributed by atoms with Crippen molar-refractivity contribution in [2.45, 2.75) is 19.9 Å². The normalized spacial score (nSPS) is 12.5. The molecule has 1 N–H and O–H groups in total. The molecule has 3 rings (SSSR count). The van der Waals surface area contributed by atoms with Crippen LogP contribution in [0.3, 0.4) is 0 Å². The Morgan fingerprint density at radius 1 is 1.17 bits per heavy atom. The number of aromatic nitrogens is 4. The van der Waals surface area contributed by atoms with Crippen LogP contribution in [-0.2, 0) is 0 Å². The number of nitrogens with one attached hydrogen (secondary N) is 1. The number of fused-ring (bicyclic) bond motifs is 1. The Kier molecular flexibility index (Phi) is 4.69. The molecule has 3 heterocycles. The van der Waals surface area contributed by atoms with Crippen LogP contribution in [0.4, 0.5) is 0 Å². The summed E-state index contributed by atoms with van der Waals surface area (Å²) >= 11 is 11.8. The largest absolute Gasteiger partial charge is 0.342 e. The molecule has 8 heteroatoms. The molecule has 0 saturated heterocycles. The zero-order chi connectivity index (χ0) is 17.3. The number of pyridine rings is 2. The summed E-state index contributed by atoms with van der Waals surface area (Å²) in [7, 11) is 0. The second kappa shape index (κ2) is 6.75. The van der Waals surface area contributed by atoms with E-state index in [9.17, 15) is 4.79 Å². The molecule has 6 nitrogen and oxygen atoms in total. The molecule has 24 heavy (non-hydrogen) atoms. The number of carbonyl (C=O) groups excluding carboxylic acids is 1. The minimum atomic E-state index is -0.337. The summed E-state index contributed by atoms with van der Waals surface area (Å²) in [5, 5.41) is 11.6. The average molecular weight is 364 g/mol. The number of hydrogen-bond acceptors (Lipinski definition) is 4. The molecular formula is C16H15Cl2N5O. The molecule has 0 spiro atoms. The SMILES string of the molecule is CC(C)[C@H](NC(=O)c1ccc(Cl)nc1Cl)c1nnc2ccccn12. The molecule has 3 aromatic heterocycles. The Hall–Kier alpha value is -2.18. The summed E-state index contributed by atoms with van der Waals surface area (Å²) in [6, 6.07) is 8.37. The van der Waals surface area contributed by atoms with Crippen molar-refractivity contribution in [2.24, 2.45) is 5.92 Å². The number of halogens is 2. The van der Waals surface area contributed by atoms with Crippen LogP contribution in [0.1, 0.15) is 36.1 Å². The lowest BCUT2D eigenvalue weighted by Crippen LogP contribution is -2.33. The predicted molar refractivity (Wildman–Crippen MR) is 92.3 cm³/mol. The van der Waals surface area contributed by atoms with E-state index in [1.807, 2.05) is 42.6 Å². The average Bonchev–Trinajstić information content (AvgIpc) is 2.96. The van der Waals surface area contributed by atoms with Gasteiger partial charge < -0.3 is 5.32 Å². The fourth-order valence-corrected chi connectivity index (χ4v) is 2.83. The van der Waals surface area contributed by atoms with Gasteiger partial charge in [0.1, 0.15) is 10.3 Å². The van der Waals surface area contributed by atoms with E-state index in [1.165, 1.54) is 6.07 Å². The van der Waals surface area contributed by atoms with Gasteiger partial charge in [0.05, 0.1) is 11.6 Å². The van der Waals surface area contributed by atoms with E-state index >= 15 is 0 Å². The highest BCUT2D eigenvalue weighted by Crippen LogP contribution is 2.23. The molecule has 1 amide bonds. The first-order valence-electron chi connectivity index (χ1n) is 7.40. The molecule has 0 radical (unpaired) electrons. The first-order chi connectivity index (χ1) is 11.5. The van der Waals surface area contributed by atoms with Gasteiger partial charge >= 0.3 is 0 Å². The van der Waals surface area contributed by atoms with Gasteiger partial charge in [-0.1, -0.05) is 43.1 Å². The summed E-state index contributed by atoms with van der Waals surface area (Å²) in [6.07, 6.45) is 1.86. The van der Waals surface area contributed by atoms with Gasteiger partial charge in [-0.15, -0.1) is 10.2 Å². The van der Waals surface area contributed by atoms with Crippen LogP contribution < -0.4 is 5.32 Å². The molecular weight excluding hydrogens is 349 g/mol. The van der Waals surface area contributed by atoms with Gasteiger partial charge in [-0.05, 0) is 30.2 Å². The highest BCUT2D eigenvalue weighted by Gasteiger charge is 2.25. The molecule has 1 atom stereocenters. The van der Waals surface area contributed by atoms with Gasteiger partial charge in [0.25, 0.3) is 5.91 Å². The van der Waals surface area contributed by atoms with Crippen molar-refractivity contribution in [3.63, 3.8) is 0 Å². The Labute approximate surface area is 148 Å². The Bertz CT molecular complexity index is 893. The zero-order valence-electron chi connectivity index (χ0n) is 13.1. The lowest BCUT2D eigenvalue weighted by Gasteiger charge is -2.21. The highest BCUT2D eigenvalue weighted by molar-refractivity contribution is 6.34. The highest BCUT2D eigenvalue weighted by atomic mass is 35.5. The number of carbonyl (C=O) groups is 1. The van der Waals surface area contributed by atoms with Crippen molar-refractivity contribution in [3.05, 3.63) is 58.2 Å². The summed E-state index contributed by atoms with van der Waals surface area (Å²) in [5.74, 6) is 0.420. The summed E-state index contributed by atoms with van der Waals surface area (Å²) in [4.78, 5) is 16.5. The van der Waals surface area contributed by atoms with Crippen LogP contribution in [0.5, 0.6) is 0 Å². The van der Waals surface area contributed by atoms with Crippen molar-refractivity contribution < 1.29 is 4.79 Å². The van der Waals surface area contributed by atoms with Crippen LogP contribution in [-0.4, -0.2) is 25.5 Å². The maximum atomic E-state index is 12.6. The van der Waals surface area contributed by atoms with Crippen molar-refractivity contribution in [2.75, 3.05) is 0 Å². The number of hydrogen-bond donors (Lipinski definition) is 1. The maximum Gasteiger partial charge on any atom is 0.255 e. The first kappa shape index (κ1) is 16.7. The van der Waals surface area contributed by atoms with E-state index in [0.717, 1.165) is 5.65 Å². The molecule has 3 aromatic rings. The smallest absolute Gasteiger partial charge is 0.255 e. The van der Waals surface area contributed by atoms with Gasteiger partial charge in [-0.2, -0.15) is 0 Å². The number of rotatable bonds is 4. The van der Waals surface area contributed by atoms with E-state index in [2.05, 4.69) is 20.5 Å². The van der Waals surface area contributed by atoms with E-state index in [4.69, 9.17) is 23.2 Å². The van der Waals surface area contributed by atoms with Gasteiger partial charge in [-0.3, -0.25) is 9.20 Å². The molecule has 0 aliphatic carbocycles. The fourth-order valence-electron chi connectivity index (χ4n) is 2.40. The number of nitrogens with zero attached hydrogens (tertiary/aromatic N) is 4. The van der Waals surface area contributed by atoms with Crippen LogP contribution in [0, 0.1) is 5.92 Å². The second-order valence-electron chi connectivity index (χ2n) is 5.65. The minimum absolute atomic E-state index is 0.0635. The van der Waals surface area contributed by atoms with Gasteiger partial charge in [0.15, 0.2) is 11.5 Å². The van der Waals surface area contributed by atoms with Crippen molar-refractivity contribution in [1.82, 2.24) is 24.9 Å². The lowest BCUT2D eigenvalue weighted by atomic mass is 10.0. The van der Waals surface area contributed by atoms with E-state index in [-0.39, 0.29) is 33.7 Å². The third-order valence-electron chi connectivity index (χ3n) is 3.63. The predicted octanol–water partition coefficient (Wildman–Crippen LogP) is 3.56. The van der Waals surface area contributed by atoms with Gasteiger partial charge in [-0.25, -0.2) is 4.98 Å². The van der Waals surface area contributed by atoms with Crippen molar-refractivity contribution in [3.8, 4) is 0 Å². The standard InChI is InChI=1S/C16H15Cl2N5O/c1-9(2)13(15-22-21-12-5-3-4-8-23(12)15)20-16(24)10-6-7-11(17)19-14(10)18/h3-9,13H,1-2H3,(H,20,24)/t13-/m0/s1. The summed E-state index contributed by atoms with van der Waals surface area (Å²) in [6.45, 7) is 3.99. The van der Waals surface area contributed by atoms with E-state index in [0.29, 0.717) is 5.82 Å². The molecule has 0 fully saturated rings. The molecule has 0 bridgehead atoms. The second-order valence-corrected chi connectivity index (χ2v) is 6.40. The fraction of sp³-hybridized carbons (Fsp3) is 0.250. The summed E-state index contributed by atoms with van der Waals surface area (Å²) < 4.78 is 1.85. The third-order valence-corrected chi connectivity index (χ3v) is 4.13. The molecule has 0 unspecified atom stereocenters. The third kappa shape index (κ3) is 3.20. The topological polar surface area (TPSA) is 72.2 Å². The Morgan fingerprint density at radius 3 is 2.67 bits per heavy atom. The molecule has 0 aliphatic rings. The minimum Gasteiger partial charge on any atom is -0.342 e. The quantitative estimate of drug-likeness (QED) is 0.719. The zero-order valence-corrected chi connectivity index (χ0v) is 14.6. The molecule has 124 valence electrons. The van der Waals surface area contributed by atoms with E-state index < -0.39 is 0 Å². The Morgan fingerprint density at radius 2 is 1.96 bits per heavy atom. The van der Waals surface area contributed by atoms with Crippen LogP contribution in [0.25, 0.3) is 5.65 Å². The van der Waals surface area contributed by atoms with E-state index in [1.54, 1.807) is 6.07 Å². The van der Waals surface area contributed by atoms with Crippen molar-refractivity contribution in [1.29, 1.82) is 0 Å².